The lowest BCUT2D eigenvalue weighted by molar-refractivity contribution is -0.156. The van der Waals surface area contributed by atoms with Crippen molar-refractivity contribution < 1.29 is 23.4 Å². The van der Waals surface area contributed by atoms with Gasteiger partial charge in [0.05, 0.1) is 12.3 Å². The van der Waals surface area contributed by atoms with Crippen LogP contribution in [-0.2, 0) is 27.3 Å². The van der Waals surface area contributed by atoms with Crippen LogP contribution in [0.15, 0.2) is 59.0 Å². The van der Waals surface area contributed by atoms with Gasteiger partial charge in [-0.05, 0) is 81.6 Å². The van der Waals surface area contributed by atoms with Gasteiger partial charge in [0, 0.05) is 28.3 Å². The summed E-state index contributed by atoms with van der Waals surface area (Å²) in [6.07, 6.45) is -0.129. The zero-order valence-electron chi connectivity index (χ0n) is 22.0. The fourth-order valence-corrected chi connectivity index (χ4v) is 5.00. The van der Waals surface area contributed by atoms with Crippen molar-refractivity contribution in [3.05, 3.63) is 82.1 Å². The molecule has 0 saturated carbocycles. The van der Waals surface area contributed by atoms with Crippen LogP contribution in [-0.4, -0.2) is 30.3 Å². The van der Waals surface area contributed by atoms with Crippen LogP contribution in [0.1, 0.15) is 41.3 Å². The number of ether oxygens (including phenoxy) is 3. The van der Waals surface area contributed by atoms with E-state index in [1.165, 1.54) is 15.3 Å². The van der Waals surface area contributed by atoms with E-state index in [-0.39, 0.29) is 5.97 Å². The van der Waals surface area contributed by atoms with E-state index in [0.717, 1.165) is 33.9 Å². The molecule has 1 atom stereocenters. The van der Waals surface area contributed by atoms with E-state index in [2.05, 4.69) is 30.1 Å². The number of oxazole rings is 1. The van der Waals surface area contributed by atoms with E-state index in [1.807, 2.05) is 57.2 Å². The molecule has 2 heterocycles. The third kappa shape index (κ3) is 6.67. The monoisotopic (exact) mass is 519 g/mol. The first-order chi connectivity index (χ1) is 17.9. The zero-order chi connectivity index (χ0) is 26.4. The highest BCUT2D eigenvalue weighted by atomic mass is 32.1. The minimum Gasteiger partial charge on any atom is -0.488 e. The maximum atomic E-state index is 12.1. The number of aromatic nitrogens is 1. The Balaban J connectivity index is 1.37. The molecule has 0 spiro atoms. The van der Waals surface area contributed by atoms with E-state index in [1.54, 1.807) is 18.3 Å². The van der Waals surface area contributed by atoms with Gasteiger partial charge in [0.25, 0.3) is 0 Å². The van der Waals surface area contributed by atoms with Crippen molar-refractivity contribution in [3.8, 4) is 27.6 Å². The molecule has 2 aromatic heterocycles. The van der Waals surface area contributed by atoms with Crippen LogP contribution < -0.4 is 4.74 Å². The van der Waals surface area contributed by atoms with Crippen LogP contribution in [0.3, 0.4) is 0 Å². The zero-order valence-corrected chi connectivity index (χ0v) is 22.8. The summed E-state index contributed by atoms with van der Waals surface area (Å²) in [7, 11) is 0. The number of carbonyl (C=O) groups is 1. The molecule has 4 aromatic rings. The van der Waals surface area contributed by atoms with Gasteiger partial charge in [-0.3, -0.25) is 0 Å². The SMILES string of the molecule is CCOC(=O)[C@H](Cc1ccc(OCc2sc(-c3ccc(-c4nc(C)c(C)o4)cc3)cc2C)cc1)OCC. The summed E-state index contributed by atoms with van der Waals surface area (Å²) < 4.78 is 22.5. The minimum absolute atomic E-state index is 0.328. The molecule has 194 valence electrons. The number of hydrogen-bond acceptors (Lipinski definition) is 7. The number of aryl methyl sites for hydroxylation is 3. The first-order valence-corrected chi connectivity index (χ1v) is 13.3. The molecule has 6 nitrogen and oxygen atoms in total. The van der Waals surface area contributed by atoms with Crippen LogP contribution >= 0.6 is 11.3 Å². The van der Waals surface area contributed by atoms with Gasteiger partial charge in [-0.25, -0.2) is 9.78 Å². The summed E-state index contributed by atoms with van der Waals surface area (Å²) in [6, 6.07) is 18.3. The van der Waals surface area contributed by atoms with Gasteiger partial charge in [0.1, 0.15) is 18.1 Å². The summed E-state index contributed by atoms with van der Waals surface area (Å²) in [5, 5.41) is 0. The van der Waals surface area contributed by atoms with Crippen molar-refractivity contribution in [2.24, 2.45) is 0 Å². The molecule has 0 N–H and O–H groups in total. The molecule has 0 aliphatic rings. The van der Waals surface area contributed by atoms with Gasteiger partial charge in [-0.2, -0.15) is 0 Å². The lowest BCUT2D eigenvalue weighted by atomic mass is 10.1. The Morgan fingerprint density at radius 1 is 0.973 bits per heavy atom. The minimum atomic E-state index is -0.596. The van der Waals surface area contributed by atoms with E-state index < -0.39 is 6.10 Å². The molecule has 0 saturated heterocycles. The quantitative estimate of drug-likeness (QED) is 0.197. The van der Waals surface area contributed by atoms with Gasteiger partial charge in [-0.1, -0.05) is 24.3 Å². The van der Waals surface area contributed by atoms with Crippen molar-refractivity contribution in [2.75, 3.05) is 13.2 Å². The number of esters is 1. The van der Waals surface area contributed by atoms with Crippen LogP contribution in [0.25, 0.3) is 21.9 Å². The molecule has 4 rings (SSSR count). The third-order valence-corrected chi connectivity index (χ3v) is 7.36. The van der Waals surface area contributed by atoms with Gasteiger partial charge in [0.15, 0.2) is 6.10 Å². The Morgan fingerprint density at radius 2 is 1.68 bits per heavy atom. The van der Waals surface area contributed by atoms with Crippen molar-refractivity contribution >= 4 is 17.3 Å². The first-order valence-electron chi connectivity index (χ1n) is 12.5. The van der Waals surface area contributed by atoms with Gasteiger partial charge >= 0.3 is 5.97 Å². The third-order valence-electron chi connectivity index (χ3n) is 6.10. The molecule has 2 aromatic carbocycles. The second-order valence-electron chi connectivity index (χ2n) is 8.79. The molecule has 0 unspecified atom stereocenters. The predicted octanol–water partition coefficient (Wildman–Crippen LogP) is 7.09. The van der Waals surface area contributed by atoms with Crippen molar-refractivity contribution in [2.45, 2.75) is 53.8 Å². The number of hydrogen-bond donors (Lipinski definition) is 0. The van der Waals surface area contributed by atoms with Crippen LogP contribution in [0.2, 0.25) is 0 Å². The Kier molecular flexibility index (Phi) is 8.79. The number of carbonyl (C=O) groups excluding carboxylic acids is 1. The molecule has 0 bridgehead atoms. The number of rotatable bonds is 11. The fourth-order valence-electron chi connectivity index (χ4n) is 3.91. The Labute approximate surface area is 222 Å². The Hall–Kier alpha value is -3.42. The summed E-state index contributed by atoms with van der Waals surface area (Å²) in [4.78, 5) is 19.0. The first kappa shape index (κ1) is 26.6. The highest BCUT2D eigenvalue weighted by Crippen LogP contribution is 2.33. The van der Waals surface area contributed by atoms with Crippen molar-refractivity contribution in [1.29, 1.82) is 0 Å². The van der Waals surface area contributed by atoms with Crippen LogP contribution in [0, 0.1) is 20.8 Å². The normalized spacial score (nSPS) is 11.9. The molecule has 37 heavy (non-hydrogen) atoms. The molecular formula is C30H33NO5S. The van der Waals surface area contributed by atoms with Gasteiger partial charge in [-0.15, -0.1) is 11.3 Å². The predicted molar refractivity (Wildman–Crippen MR) is 146 cm³/mol. The average molecular weight is 520 g/mol. The maximum Gasteiger partial charge on any atom is 0.335 e. The highest BCUT2D eigenvalue weighted by Gasteiger charge is 2.20. The molecule has 0 amide bonds. The van der Waals surface area contributed by atoms with E-state index in [9.17, 15) is 4.79 Å². The molecule has 0 aliphatic carbocycles. The second kappa shape index (κ2) is 12.2. The van der Waals surface area contributed by atoms with E-state index in [4.69, 9.17) is 18.6 Å². The lowest BCUT2D eigenvalue weighted by Gasteiger charge is -2.15. The fraction of sp³-hybridized carbons (Fsp3) is 0.333. The number of nitrogens with zero attached hydrogens (tertiary/aromatic N) is 1. The second-order valence-corrected chi connectivity index (χ2v) is 9.92. The van der Waals surface area contributed by atoms with Crippen molar-refractivity contribution in [3.63, 3.8) is 0 Å². The number of thiophene rings is 1. The molecule has 0 fully saturated rings. The largest absolute Gasteiger partial charge is 0.488 e. The smallest absolute Gasteiger partial charge is 0.335 e. The topological polar surface area (TPSA) is 70.8 Å². The standard InChI is InChI=1S/C30H33NO5S/c1-6-33-26(30(32)34-7-2)17-22-8-14-25(15-9-22)35-18-28-19(3)16-27(37-28)23-10-12-24(13-11-23)29-31-20(4)21(5)36-29/h8-16,26H,6-7,17-18H2,1-5H3/t26-/m0/s1. The molecule has 0 radical (unpaired) electrons. The Morgan fingerprint density at radius 3 is 2.30 bits per heavy atom. The van der Waals surface area contributed by atoms with Crippen LogP contribution in [0.4, 0.5) is 0 Å². The molecular weight excluding hydrogens is 486 g/mol. The van der Waals surface area contributed by atoms with Gasteiger partial charge < -0.3 is 18.6 Å². The highest BCUT2D eigenvalue weighted by molar-refractivity contribution is 7.15. The number of benzene rings is 2. The van der Waals surface area contributed by atoms with E-state index in [0.29, 0.717) is 32.1 Å². The lowest BCUT2D eigenvalue weighted by Crippen LogP contribution is -2.28. The Bertz CT molecular complexity index is 1300. The molecule has 0 aliphatic heterocycles. The van der Waals surface area contributed by atoms with E-state index >= 15 is 0 Å². The summed E-state index contributed by atoms with van der Waals surface area (Å²) in [5.74, 6) is 1.95. The average Bonchev–Trinajstić information content (AvgIpc) is 3.44. The summed E-state index contributed by atoms with van der Waals surface area (Å²) in [5.41, 5.74) is 5.23. The molecule has 7 heteroatoms. The summed E-state index contributed by atoms with van der Waals surface area (Å²) >= 11 is 1.73. The summed E-state index contributed by atoms with van der Waals surface area (Å²) in [6.45, 7) is 10.9. The maximum absolute atomic E-state index is 12.1. The van der Waals surface area contributed by atoms with Crippen LogP contribution in [0.5, 0.6) is 5.75 Å². The van der Waals surface area contributed by atoms with Crippen molar-refractivity contribution in [1.82, 2.24) is 4.98 Å². The van der Waals surface area contributed by atoms with Gasteiger partial charge in [0.2, 0.25) is 5.89 Å².